The molecule has 0 radical (unpaired) electrons. The van der Waals surface area contributed by atoms with Gasteiger partial charge in [-0.25, -0.2) is 0 Å². The summed E-state index contributed by atoms with van der Waals surface area (Å²) in [5.41, 5.74) is 21.4. The van der Waals surface area contributed by atoms with Crippen LogP contribution in [0.2, 0.25) is 0 Å². The van der Waals surface area contributed by atoms with Gasteiger partial charge in [-0.3, -0.25) is 0 Å². The Kier molecular flexibility index (Phi) is 12.2. The number of para-hydroxylation sites is 2. The number of hydrogen-bond acceptors (Lipinski definition) is 2. The minimum Gasteiger partial charge on any atom is -0.334 e. The van der Waals surface area contributed by atoms with E-state index in [-0.39, 0.29) is 6.04 Å². The number of anilines is 5. The maximum atomic E-state index is 2.46. The molecule has 0 bridgehead atoms. The number of hydrogen-bond donors (Lipinski definition) is 0. The molecule has 2 nitrogen and oxygen atoms in total. The highest BCUT2D eigenvalue weighted by Crippen LogP contribution is 2.41. The third-order valence-electron chi connectivity index (χ3n) is 13.3. The van der Waals surface area contributed by atoms with Gasteiger partial charge in [-0.1, -0.05) is 218 Å². The molecular formula is C67H52N2. The minimum absolute atomic E-state index is 0.192. The zero-order valence-corrected chi connectivity index (χ0v) is 38.7. The van der Waals surface area contributed by atoms with Crippen LogP contribution in [-0.4, -0.2) is 6.04 Å². The molecule has 1 atom stereocenters. The summed E-state index contributed by atoms with van der Waals surface area (Å²) in [4.78, 5) is 4.79. The topological polar surface area (TPSA) is 6.48 Å². The molecule has 1 unspecified atom stereocenters. The average Bonchev–Trinajstić information content (AvgIpc) is 3.43. The fourth-order valence-electron chi connectivity index (χ4n) is 9.80. The second-order valence-electron chi connectivity index (χ2n) is 17.7. The number of rotatable bonds is 12. The van der Waals surface area contributed by atoms with E-state index in [1.54, 1.807) is 0 Å². The predicted octanol–water partition coefficient (Wildman–Crippen LogP) is 18.4. The molecule has 0 aromatic heterocycles. The smallest absolute Gasteiger partial charge is 0.0560 e. The third kappa shape index (κ3) is 9.22. The van der Waals surface area contributed by atoms with Crippen molar-refractivity contribution in [3.63, 3.8) is 0 Å². The van der Waals surface area contributed by atoms with Crippen molar-refractivity contribution in [1.82, 2.24) is 0 Å². The van der Waals surface area contributed by atoms with Crippen molar-refractivity contribution in [1.29, 1.82) is 0 Å². The van der Waals surface area contributed by atoms with Crippen LogP contribution in [0.4, 0.5) is 28.4 Å². The van der Waals surface area contributed by atoms with Crippen LogP contribution in [0.5, 0.6) is 0 Å². The lowest BCUT2D eigenvalue weighted by Crippen LogP contribution is -2.30. The zero-order chi connectivity index (χ0) is 46.4. The van der Waals surface area contributed by atoms with E-state index in [0.29, 0.717) is 0 Å². The Labute approximate surface area is 407 Å². The van der Waals surface area contributed by atoms with Crippen LogP contribution in [0.25, 0.3) is 61.2 Å². The first kappa shape index (κ1) is 42.9. The van der Waals surface area contributed by atoms with E-state index in [1.165, 1.54) is 83.7 Å². The second kappa shape index (κ2) is 19.6. The first-order valence-corrected chi connectivity index (χ1v) is 23.9. The molecule has 0 N–H and O–H groups in total. The lowest BCUT2D eigenvalue weighted by atomic mass is 9.89. The Morgan fingerprint density at radius 1 is 0.319 bits per heavy atom. The molecule has 2 heteroatoms. The van der Waals surface area contributed by atoms with E-state index in [2.05, 4.69) is 296 Å². The third-order valence-corrected chi connectivity index (χ3v) is 13.3. The van der Waals surface area contributed by atoms with Gasteiger partial charge in [0.1, 0.15) is 0 Å². The van der Waals surface area contributed by atoms with Crippen molar-refractivity contribution in [2.24, 2.45) is 0 Å². The maximum Gasteiger partial charge on any atom is 0.0560 e. The Bertz CT molecular complexity index is 3380. The van der Waals surface area contributed by atoms with E-state index in [0.717, 1.165) is 23.5 Å². The summed E-state index contributed by atoms with van der Waals surface area (Å²) in [6, 6.07) is 94.5. The Balaban J connectivity index is 0.884. The molecular weight excluding hydrogens is 833 g/mol. The SMILES string of the molecule is Cc1ccc(-c2ccc(N(c3ccccc3)c3ccc(-c4ccccc4)cc3)cc2)c(-c2cccc(-c3ccccc3-c3ccc(N(c4ccccc4)C4C=CC(c5ccccc5)=CC4)cc3)c2)c1. The largest absolute Gasteiger partial charge is 0.334 e. The summed E-state index contributed by atoms with van der Waals surface area (Å²) in [5.74, 6) is 0. The minimum atomic E-state index is 0.192. The van der Waals surface area contributed by atoms with Crippen LogP contribution < -0.4 is 9.80 Å². The summed E-state index contributed by atoms with van der Waals surface area (Å²) >= 11 is 0. The second-order valence-corrected chi connectivity index (χ2v) is 17.7. The van der Waals surface area contributed by atoms with E-state index in [4.69, 9.17) is 0 Å². The first-order valence-electron chi connectivity index (χ1n) is 23.9. The van der Waals surface area contributed by atoms with Gasteiger partial charge in [0.25, 0.3) is 0 Å². The molecule has 0 fully saturated rings. The van der Waals surface area contributed by atoms with E-state index >= 15 is 0 Å². The van der Waals surface area contributed by atoms with Crippen LogP contribution in [0.1, 0.15) is 17.5 Å². The van der Waals surface area contributed by atoms with Crippen molar-refractivity contribution in [2.75, 3.05) is 9.80 Å². The van der Waals surface area contributed by atoms with Gasteiger partial charge in [0.2, 0.25) is 0 Å². The summed E-state index contributed by atoms with van der Waals surface area (Å²) in [6.45, 7) is 2.18. The molecule has 1 aliphatic carbocycles. The summed E-state index contributed by atoms with van der Waals surface area (Å²) in [5, 5.41) is 0. The van der Waals surface area contributed by atoms with Crippen LogP contribution >= 0.6 is 0 Å². The molecule has 10 aromatic carbocycles. The van der Waals surface area contributed by atoms with Gasteiger partial charge < -0.3 is 9.80 Å². The number of allylic oxidation sites excluding steroid dienone is 2. The van der Waals surface area contributed by atoms with Crippen LogP contribution in [0.15, 0.2) is 279 Å². The van der Waals surface area contributed by atoms with E-state index < -0.39 is 0 Å². The molecule has 69 heavy (non-hydrogen) atoms. The van der Waals surface area contributed by atoms with Crippen LogP contribution in [-0.2, 0) is 0 Å². The van der Waals surface area contributed by atoms with E-state index in [9.17, 15) is 0 Å². The zero-order valence-electron chi connectivity index (χ0n) is 38.7. The number of nitrogens with zero attached hydrogens (tertiary/aromatic N) is 2. The average molecular weight is 885 g/mol. The monoisotopic (exact) mass is 884 g/mol. The molecule has 0 spiro atoms. The van der Waals surface area contributed by atoms with Crippen molar-refractivity contribution in [2.45, 2.75) is 19.4 Å². The van der Waals surface area contributed by atoms with E-state index in [1.807, 2.05) is 0 Å². The van der Waals surface area contributed by atoms with Gasteiger partial charge in [0.15, 0.2) is 0 Å². The molecule has 0 amide bonds. The summed E-state index contributed by atoms with van der Waals surface area (Å²) in [6.07, 6.45) is 7.92. The first-order chi connectivity index (χ1) is 34.1. The van der Waals surface area contributed by atoms with Crippen molar-refractivity contribution in [3.05, 3.63) is 290 Å². The molecule has 10 aromatic rings. The highest BCUT2D eigenvalue weighted by molar-refractivity contribution is 5.90. The molecule has 330 valence electrons. The quantitative estimate of drug-likeness (QED) is 0.121. The predicted molar refractivity (Wildman–Crippen MR) is 294 cm³/mol. The Morgan fingerprint density at radius 3 is 1.32 bits per heavy atom. The number of aryl methyl sites for hydroxylation is 1. The molecule has 0 saturated carbocycles. The lowest BCUT2D eigenvalue weighted by Gasteiger charge is -2.33. The highest BCUT2D eigenvalue weighted by atomic mass is 15.2. The Morgan fingerprint density at radius 2 is 0.739 bits per heavy atom. The fourth-order valence-corrected chi connectivity index (χ4v) is 9.80. The molecule has 1 aliphatic rings. The maximum absolute atomic E-state index is 2.46. The molecule has 0 aliphatic heterocycles. The standard InChI is InChI=1S/C67H52N2/c1-49-29-46-66(55-36-44-63(45-37-55)69(59-25-12-5-13-26-59)61-40-32-53(33-41-61)51-19-8-3-9-20-51)67(47-49)57-22-16-21-56(48-57)65-28-15-14-27-64(65)54-34-42-62(43-35-54)68(58-23-10-4-11-24-58)60-38-30-52(31-39-60)50-17-6-2-7-18-50/h2-38,40-48,60H,39H2,1H3. The van der Waals surface area contributed by atoms with Crippen LogP contribution in [0.3, 0.4) is 0 Å². The van der Waals surface area contributed by atoms with Crippen molar-refractivity contribution >= 4 is 34.0 Å². The Hall–Kier alpha value is -8.72. The van der Waals surface area contributed by atoms with Gasteiger partial charge in [-0.2, -0.15) is 0 Å². The van der Waals surface area contributed by atoms with Crippen molar-refractivity contribution < 1.29 is 0 Å². The summed E-state index contributed by atoms with van der Waals surface area (Å²) < 4.78 is 0. The molecule has 0 saturated heterocycles. The van der Waals surface area contributed by atoms with Crippen LogP contribution in [0, 0.1) is 6.92 Å². The number of benzene rings is 10. The van der Waals surface area contributed by atoms with Gasteiger partial charge in [-0.15, -0.1) is 0 Å². The lowest BCUT2D eigenvalue weighted by molar-refractivity contribution is 0.787. The fraction of sp³-hybridized carbons (Fsp3) is 0.0448. The normalized spacial score (nSPS) is 13.1. The van der Waals surface area contributed by atoms with Gasteiger partial charge in [0, 0.05) is 28.4 Å². The highest BCUT2D eigenvalue weighted by Gasteiger charge is 2.21. The summed E-state index contributed by atoms with van der Waals surface area (Å²) in [7, 11) is 0. The molecule has 0 heterocycles. The molecule has 11 rings (SSSR count). The van der Waals surface area contributed by atoms with Gasteiger partial charge in [-0.05, 0) is 147 Å². The van der Waals surface area contributed by atoms with Crippen molar-refractivity contribution in [3.8, 4) is 55.6 Å². The van der Waals surface area contributed by atoms with Gasteiger partial charge in [0.05, 0.1) is 6.04 Å². The van der Waals surface area contributed by atoms with Gasteiger partial charge >= 0.3 is 0 Å².